The summed E-state index contributed by atoms with van der Waals surface area (Å²) < 4.78 is 0. The van der Waals surface area contributed by atoms with Crippen molar-refractivity contribution in [3.8, 4) is 0 Å². The van der Waals surface area contributed by atoms with Crippen LogP contribution in [0.1, 0.15) is 49.9 Å². The first kappa shape index (κ1) is 15.8. The monoisotopic (exact) mass is 290 g/mol. The normalized spacial score (nSPS) is 25.4. The summed E-state index contributed by atoms with van der Waals surface area (Å²) in [5, 5.41) is 16.7. The molecule has 2 unspecified atom stereocenters. The highest BCUT2D eigenvalue weighted by Crippen LogP contribution is 2.31. The van der Waals surface area contributed by atoms with Crippen LogP contribution in [0.15, 0.2) is 24.3 Å². The minimum atomic E-state index is -0.750. The molecular formula is C17H26N2O2. The molecule has 4 nitrogen and oxygen atoms in total. The van der Waals surface area contributed by atoms with Gasteiger partial charge in [-0.05, 0) is 37.8 Å². The summed E-state index contributed by atoms with van der Waals surface area (Å²) in [7, 11) is 0. The second-order valence-electron chi connectivity index (χ2n) is 6.18. The zero-order valence-electron chi connectivity index (χ0n) is 13.0. The third-order valence-corrected chi connectivity index (χ3v) is 4.18. The zero-order chi connectivity index (χ0) is 15.3. The lowest BCUT2D eigenvalue weighted by molar-refractivity contribution is -0.0109. The maximum absolute atomic E-state index is 12.3. The highest BCUT2D eigenvalue weighted by atomic mass is 16.3. The number of aliphatic hydroxyl groups is 1. The van der Waals surface area contributed by atoms with Gasteiger partial charge in [0, 0.05) is 18.8 Å². The van der Waals surface area contributed by atoms with Crippen molar-refractivity contribution in [1.82, 2.24) is 5.32 Å². The Bertz CT molecular complexity index is 489. The number of hydrogen-bond acceptors (Lipinski definition) is 3. The Balaban J connectivity index is 1.98. The summed E-state index contributed by atoms with van der Waals surface area (Å²) in [4.78, 5) is 12.3. The molecule has 21 heavy (non-hydrogen) atoms. The van der Waals surface area contributed by atoms with Gasteiger partial charge in [0.2, 0.25) is 0 Å². The van der Waals surface area contributed by atoms with Gasteiger partial charge in [0.25, 0.3) is 5.91 Å². The largest absolute Gasteiger partial charge is 0.388 e. The molecule has 0 aliphatic heterocycles. The second kappa shape index (κ2) is 6.94. The lowest BCUT2D eigenvalue weighted by Crippen LogP contribution is -2.45. The molecule has 1 aromatic rings. The maximum atomic E-state index is 12.3. The number of amides is 1. The van der Waals surface area contributed by atoms with E-state index in [0.717, 1.165) is 31.5 Å². The Hall–Kier alpha value is -1.55. The van der Waals surface area contributed by atoms with Gasteiger partial charge < -0.3 is 15.7 Å². The molecule has 1 amide bonds. The van der Waals surface area contributed by atoms with Crippen molar-refractivity contribution in [2.45, 2.75) is 45.1 Å². The fraction of sp³-hybridized carbons (Fsp3) is 0.588. The van der Waals surface area contributed by atoms with E-state index < -0.39 is 5.60 Å². The quantitative estimate of drug-likeness (QED) is 0.781. The number of rotatable bonds is 5. The molecule has 1 saturated carbocycles. The molecule has 0 radical (unpaired) electrons. The minimum absolute atomic E-state index is 0.127. The summed E-state index contributed by atoms with van der Waals surface area (Å²) in [5.41, 5.74) is 0.716. The number of carbonyl (C=O) groups is 1. The molecular weight excluding hydrogens is 264 g/mol. The maximum Gasteiger partial charge on any atom is 0.253 e. The molecule has 1 aliphatic carbocycles. The second-order valence-corrected chi connectivity index (χ2v) is 6.18. The third-order valence-electron chi connectivity index (χ3n) is 4.18. The molecule has 0 spiro atoms. The van der Waals surface area contributed by atoms with Gasteiger partial charge in [-0.3, -0.25) is 4.79 Å². The molecule has 4 heteroatoms. The highest BCUT2D eigenvalue weighted by molar-refractivity contribution is 5.99. The number of benzene rings is 1. The van der Waals surface area contributed by atoms with Crippen molar-refractivity contribution in [2.75, 3.05) is 18.4 Å². The third kappa shape index (κ3) is 4.21. The lowest BCUT2D eigenvalue weighted by Gasteiger charge is -2.35. The fourth-order valence-electron chi connectivity index (χ4n) is 3.16. The van der Waals surface area contributed by atoms with E-state index in [4.69, 9.17) is 0 Å². The Morgan fingerprint density at radius 2 is 2.19 bits per heavy atom. The first-order valence-corrected chi connectivity index (χ1v) is 7.87. The van der Waals surface area contributed by atoms with Crippen LogP contribution in [0.5, 0.6) is 0 Å². The molecule has 1 aliphatic rings. The summed E-state index contributed by atoms with van der Waals surface area (Å²) in [6.07, 6.45) is 3.73. The van der Waals surface area contributed by atoms with Crippen LogP contribution in [-0.2, 0) is 0 Å². The number of para-hydroxylation sites is 1. The summed E-state index contributed by atoms with van der Waals surface area (Å²) >= 11 is 0. The van der Waals surface area contributed by atoms with Crippen LogP contribution in [0, 0.1) is 5.92 Å². The van der Waals surface area contributed by atoms with E-state index in [1.54, 1.807) is 6.07 Å². The van der Waals surface area contributed by atoms with Crippen LogP contribution >= 0.6 is 0 Å². The van der Waals surface area contributed by atoms with Crippen molar-refractivity contribution in [3.63, 3.8) is 0 Å². The molecule has 0 saturated heterocycles. The van der Waals surface area contributed by atoms with Gasteiger partial charge in [-0.25, -0.2) is 0 Å². The Labute approximate surface area is 126 Å². The van der Waals surface area contributed by atoms with Crippen LogP contribution in [-0.4, -0.2) is 29.7 Å². The van der Waals surface area contributed by atoms with Gasteiger partial charge in [0.1, 0.15) is 0 Å². The average molecular weight is 290 g/mol. The molecule has 3 N–H and O–H groups in total. The van der Waals surface area contributed by atoms with Crippen molar-refractivity contribution < 1.29 is 9.90 Å². The van der Waals surface area contributed by atoms with E-state index in [-0.39, 0.29) is 5.91 Å². The molecule has 1 aromatic carbocycles. The van der Waals surface area contributed by atoms with Crippen LogP contribution in [0.4, 0.5) is 5.69 Å². The fourth-order valence-corrected chi connectivity index (χ4v) is 3.16. The zero-order valence-corrected chi connectivity index (χ0v) is 13.0. The summed E-state index contributed by atoms with van der Waals surface area (Å²) in [5.74, 6) is 0.396. The van der Waals surface area contributed by atoms with Gasteiger partial charge >= 0.3 is 0 Å². The SMILES string of the molecule is CCNc1ccccc1C(=O)NCC1(O)CCCC(C)C1. The molecule has 0 bridgehead atoms. The van der Waals surface area contributed by atoms with Crippen molar-refractivity contribution in [3.05, 3.63) is 29.8 Å². The number of anilines is 1. The molecule has 2 atom stereocenters. The Morgan fingerprint density at radius 1 is 1.43 bits per heavy atom. The Morgan fingerprint density at radius 3 is 2.90 bits per heavy atom. The van der Waals surface area contributed by atoms with E-state index >= 15 is 0 Å². The molecule has 116 valence electrons. The van der Waals surface area contributed by atoms with Crippen LogP contribution in [0.2, 0.25) is 0 Å². The van der Waals surface area contributed by atoms with Gasteiger partial charge in [-0.1, -0.05) is 31.9 Å². The van der Waals surface area contributed by atoms with Crippen LogP contribution in [0.3, 0.4) is 0 Å². The molecule has 2 rings (SSSR count). The van der Waals surface area contributed by atoms with Crippen LogP contribution < -0.4 is 10.6 Å². The molecule has 0 heterocycles. The smallest absolute Gasteiger partial charge is 0.253 e. The standard InChI is InChI=1S/C17H26N2O2/c1-3-18-15-9-5-4-8-14(15)16(20)19-12-17(21)10-6-7-13(2)11-17/h4-5,8-9,13,18,21H,3,6-7,10-12H2,1-2H3,(H,19,20). The van der Waals surface area contributed by atoms with Crippen molar-refractivity contribution in [1.29, 1.82) is 0 Å². The predicted molar refractivity (Wildman–Crippen MR) is 85.5 cm³/mol. The first-order chi connectivity index (χ1) is 10.0. The van der Waals surface area contributed by atoms with Gasteiger partial charge in [-0.2, -0.15) is 0 Å². The topological polar surface area (TPSA) is 61.4 Å². The number of hydrogen-bond donors (Lipinski definition) is 3. The number of nitrogens with one attached hydrogen (secondary N) is 2. The highest BCUT2D eigenvalue weighted by Gasteiger charge is 2.33. The minimum Gasteiger partial charge on any atom is -0.388 e. The predicted octanol–water partition coefficient (Wildman–Crippen LogP) is 2.79. The van der Waals surface area contributed by atoms with Gasteiger partial charge in [0.15, 0.2) is 0 Å². The summed E-state index contributed by atoms with van der Waals surface area (Å²) in [6.45, 7) is 5.26. The van der Waals surface area contributed by atoms with E-state index in [1.165, 1.54) is 6.42 Å². The average Bonchev–Trinajstić information content (AvgIpc) is 2.46. The molecule has 1 fully saturated rings. The van der Waals surface area contributed by atoms with E-state index in [1.807, 2.05) is 25.1 Å². The molecule has 0 aromatic heterocycles. The Kier molecular flexibility index (Phi) is 5.23. The van der Waals surface area contributed by atoms with Gasteiger partial charge in [0.05, 0.1) is 11.2 Å². The van der Waals surface area contributed by atoms with Crippen molar-refractivity contribution >= 4 is 11.6 Å². The number of carbonyl (C=O) groups excluding carboxylic acids is 1. The van der Waals surface area contributed by atoms with Gasteiger partial charge in [-0.15, -0.1) is 0 Å². The van der Waals surface area contributed by atoms with E-state index in [9.17, 15) is 9.90 Å². The first-order valence-electron chi connectivity index (χ1n) is 7.87. The van der Waals surface area contributed by atoms with E-state index in [0.29, 0.717) is 18.0 Å². The van der Waals surface area contributed by atoms with Crippen molar-refractivity contribution in [2.24, 2.45) is 5.92 Å². The summed E-state index contributed by atoms with van der Waals surface area (Å²) in [6, 6.07) is 7.47. The van der Waals surface area contributed by atoms with Crippen LogP contribution in [0.25, 0.3) is 0 Å². The lowest BCUT2D eigenvalue weighted by atomic mass is 9.79. The van der Waals surface area contributed by atoms with E-state index in [2.05, 4.69) is 17.6 Å².